The molecule has 0 bridgehead atoms. The molecule has 0 amide bonds. The summed E-state index contributed by atoms with van der Waals surface area (Å²) in [6.07, 6.45) is 3.34. The topological polar surface area (TPSA) is 133 Å². The van der Waals surface area contributed by atoms with Gasteiger partial charge in [-0.25, -0.2) is 0 Å². The molecular formula is C23H27N7O3. The molecule has 3 N–H and O–H groups in total. The Hall–Kier alpha value is -3.95. The lowest BCUT2D eigenvalue weighted by Gasteiger charge is -2.19. The number of furan rings is 1. The molecule has 3 aromatic heterocycles. The fourth-order valence-electron chi connectivity index (χ4n) is 3.22. The number of esters is 1. The van der Waals surface area contributed by atoms with E-state index >= 15 is 0 Å². The first-order valence-corrected chi connectivity index (χ1v) is 10.7. The highest BCUT2D eigenvalue weighted by atomic mass is 16.6. The summed E-state index contributed by atoms with van der Waals surface area (Å²) in [5.74, 6) is 1.64. The van der Waals surface area contributed by atoms with Gasteiger partial charge in [-0.2, -0.15) is 19.5 Å². The second kappa shape index (κ2) is 9.27. The maximum atomic E-state index is 11.9. The first-order valence-electron chi connectivity index (χ1n) is 10.7. The van der Waals surface area contributed by atoms with Crippen LogP contribution in [0.1, 0.15) is 38.3 Å². The Morgan fingerprint density at radius 2 is 1.82 bits per heavy atom. The van der Waals surface area contributed by atoms with E-state index in [0.29, 0.717) is 42.7 Å². The Morgan fingerprint density at radius 3 is 2.48 bits per heavy atom. The summed E-state index contributed by atoms with van der Waals surface area (Å²) in [6.45, 7) is 6.23. The average Bonchev–Trinajstić information content (AvgIpc) is 3.42. The maximum Gasteiger partial charge on any atom is 0.306 e. The predicted molar refractivity (Wildman–Crippen MR) is 123 cm³/mol. The molecule has 0 saturated carbocycles. The summed E-state index contributed by atoms with van der Waals surface area (Å²) in [5.41, 5.74) is 7.81. The van der Waals surface area contributed by atoms with Crippen molar-refractivity contribution in [1.82, 2.24) is 24.6 Å². The number of aromatic nitrogens is 5. The molecule has 0 aliphatic heterocycles. The van der Waals surface area contributed by atoms with Gasteiger partial charge in [0.15, 0.2) is 5.76 Å². The van der Waals surface area contributed by atoms with Crippen molar-refractivity contribution >= 4 is 23.6 Å². The van der Waals surface area contributed by atoms with Crippen LogP contribution in [0.15, 0.2) is 47.1 Å². The van der Waals surface area contributed by atoms with E-state index in [4.69, 9.17) is 14.9 Å². The van der Waals surface area contributed by atoms with Crippen molar-refractivity contribution in [2.75, 3.05) is 17.6 Å². The van der Waals surface area contributed by atoms with Gasteiger partial charge in [-0.05, 0) is 56.9 Å². The Labute approximate surface area is 191 Å². The number of rotatable bonds is 8. The van der Waals surface area contributed by atoms with Crippen LogP contribution in [0.3, 0.4) is 0 Å². The Kier molecular flexibility index (Phi) is 6.25. The number of carbonyl (C=O) groups excluding carboxylic acids is 1. The molecule has 3 heterocycles. The summed E-state index contributed by atoms with van der Waals surface area (Å²) in [5, 5.41) is 7.46. The lowest BCUT2D eigenvalue weighted by Crippen LogP contribution is -2.24. The average molecular weight is 450 g/mol. The first-order chi connectivity index (χ1) is 15.8. The molecule has 4 rings (SSSR count). The van der Waals surface area contributed by atoms with E-state index in [1.165, 1.54) is 4.52 Å². The predicted octanol–water partition coefficient (Wildman–Crippen LogP) is 3.29. The summed E-state index contributed by atoms with van der Waals surface area (Å²) in [4.78, 5) is 24.9. The second-order valence-corrected chi connectivity index (χ2v) is 8.61. The molecule has 0 fully saturated rings. The standard InChI is InChI=1S/C23H27N7O3/c1-23(2,3)33-18(31)11-10-15-6-8-16(9-7-15)12-13-25-21-27-20(24)30-22(28-21)26-19(29-30)17-5-4-14-32-17/h4-9,14H,10-13H2,1-3H3,(H3,24,25,26,27,28,29). The van der Waals surface area contributed by atoms with Crippen LogP contribution in [0.25, 0.3) is 17.4 Å². The molecule has 33 heavy (non-hydrogen) atoms. The molecule has 172 valence electrons. The van der Waals surface area contributed by atoms with Crippen molar-refractivity contribution in [2.24, 2.45) is 0 Å². The molecule has 0 atom stereocenters. The molecule has 0 radical (unpaired) electrons. The number of ether oxygens (including phenoxy) is 1. The molecule has 4 aromatic rings. The van der Waals surface area contributed by atoms with Gasteiger partial charge in [-0.15, -0.1) is 5.10 Å². The van der Waals surface area contributed by atoms with Gasteiger partial charge in [0.05, 0.1) is 6.26 Å². The molecule has 10 nitrogen and oxygen atoms in total. The zero-order valence-electron chi connectivity index (χ0n) is 18.9. The second-order valence-electron chi connectivity index (χ2n) is 8.61. The zero-order valence-corrected chi connectivity index (χ0v) is 18.9. The Morgan fingerprint density at radius 1 is 1.09 bits per heavy atom. The number of fused-ring (bicyclic) bond motifs is 1. The van der Waals surface area contributed by atoms with Crippen LogP contribution >= 0.6 is 0 Å². The Bertz CT molecular complexity index is 1230. The summed E-state index contributed by atoms with van der Waals surface area (Å²) in [6, 6.07) is 11.7. The number of carbonyl (C=O) groups is 1. The van der Waals surface area contributed by atoms with Crippen LogP contribution in [-0.2, 0) is 22.4 Å². The quantitative estimate of drug-likeness (QED) is 0.389. The SMILES string of the molecule is CC(C)(C)OC(=O)CCc1ccc(CCNc2nc(N)n3nc(-c4ccco4)nc3n2)cc1. The highest BCUT2D eigenvalue weighted by Crippen LogP contribution is 2.18. The van der Waals surface area contributed by atoms with E-state index in [9.17, 15) is 4.79 Å². The highest BCUT2D eigenvalue weighted by molar-refractivity contribution is 5.70. The molecule has 0 aliphatic rings. The normalized spacial score (nSPS) is 11.6. The van der Waals surface area contributed by atoms with E-state index in [1.54, 1.807) is 18.4 Å². The lowest BCUT2D eigenvalue weighted by molar-refractivity contribution is -0.154. The van der Waals surface area contributed by atoms with Crippen molar-refractivity contribution < 1.29 is 13.9 Å². The fraction of sp³-hybridized carbons (Fsp3) is 0.348. The number of nitrogen functional groups attached to an aromatic ring is 1. The maximum absolute atomic E-state index is 11.9. The number of nitrogens with two attached hydrogens (primary N) is 1. The van der Waals surface area contributed by atoms with E-state index < -0.39 is 5.60 Å². The number of hydrogen-bond acceptors (Lipinski definition) is 9. The zero-order chi connectivity index (χ0) is 23.4. The number of nitrogens with zero attached hydrogens (tertiary/aromatic N) is 5. The molecule has 10 heteroatoms. The fourth-order valence-corrected chi connectivity index (χ4v) is 3.22. The number of hydrogen-bond donors (Lipinski definition) is 2. The van der Waals surface area contributed by atoms with Gasteiger partial charge in [-0.3, -0.25) is 4.79 Å². The minimum absolute atomic E-state index is 0.183. The minimum Gasteiger partial charge on any atom is -0.461 e. The monoisotopic (exact) mass is 449 g/mol. The molecule has 1 aromatic carbocycles. The van der Waals surface area contributed by atoms with Crippen molar-refractivity contribution in [3.8, 4) is 11.6 Å². The van der Waals surface area contributed by atoms with E-state index in [1.807, 2.05) is 32.9 Å². The highest BCUT2D eigenvalue weighted by Gasteiger charge is 2.16. The molecule has 0 spiro atoms. The van der Waals surface area contributed by atoms with Gasteiger partial charge in [0, 0.05) is 13.0 Å². The van der Waals surface area contributed by atoms with Gasteiger partial charge in [0.2, 0.25) is 17.7 Å². The van der Waals surface area contributed by atoms with Crippen LogP contribution in [0.2, 0.25) is 0 Å². The van der Waals surface area contributed by atoms with Crippen molar-refractivity contribution in [3.63, 3.8) is 0 Å². The van der Waals surface area contributed by atoms with Crippen LogP contribution in [0, 0.1) is 0 Å². The van der Waals surface area contributed by atoms with Gasteiger partial charge in [-0.1, -0.05) is 24.3 Å². The van der Waals surface area contributed by atoms with Crippen LogP contribution < -0.4 is 11.1 Å². The van der Waals surface area contributed by atoms with Gasteiger partial charge < -0.3 is 20.2 Å². The number of benzene rings is 1. The third-order valence-electron chi connectivity index (χ3n) is 4.73. The smallest absolute Gasteiger partial charge is 0.306 e. The molecule has 0 unspecified atom stereocenters. The van der Waals surface area contributed by atoms with Crippen molar-refractivity contribution in [3.05, 3.63) is 53.8 Å². The number of anilines is 2. The third kappa shape index (κ3) is 5.85. The summed E-state index contributed by atoms with van der Waals surface area (Å²) < 4.78 is 12.0. The van der Waals surface area contributed by atoms with Crippen molar-refractivity contribution in [2.45, 2.75) is 45.6 Å². The van der Waals surface area contributed by atoms with Gasteiger partial charge in [0.1, 0.15) is 5.60 Å². The van der Waals surface area contributed by atoms with Gasteiger partial charge >= 0.3 is 5.97 Å². The van der Waals surface area contributed by atoms with E-state index in [-0.39, 0.29) is 11.9 Å². The largest absolute Gasteiger partial charge is 0.461 e. The van der Waals surface area contributed by atoms with Crippen LogP contribution in [-0.4, -0.2) is 42.7 Å². The van der Waals surface area contributed by atoms with Crippen LogP contribution in [0.5, 0.6) is 0 Å². The Balaban J connectivity index is 1.30. The van der Waals surface area contributed by atoms with E-state index in [2.05, 4.69) is 37.5 Å². The van der Waals surface area contributed by atoms with E-state index in [0.717, 1.165) is 17.5 Å². The first kappa shape index (κ1) is 22.3. The van der Waals surface area contributed by atoms with Gasteiger partial charge in [0.25, 0.3) is 5.78 Å². The molecule has 0 aliphatic carbocycles. The third-order valence-corrected chi connectivity index (χ3v) is 4.73. The lowest BCUT2D eigenvalue weighted by atomic mass is 10.1. The number of aryl methyl sites for hydroxylation is 1. The van der Waals surface area contributed by atoms with Crippen LogP contribution in [0.4, 0.5) is 11.9 Å². The molecule has 0 saturated heterocycles. The molecular weight excluding hydrogens is 422 g/mol. The summed E-state index contributed by atoms with van der Waals surface area (Å²) in [7, 11) is 0. The van der Waals surface area contributed by atoms with Crippen molar-refractivity contribution in [1.29, 1.82) is 0 Å². The minimum atomic E-state index is -0.456. The summed E-state index contributed by atoms with van der Waals surface area (Å²) >= 11 is 0. The number of nitrogens with one attached hydrogen (secondary N) is 1.